The van der Waals surface area contributed by atoms with Crippen molar-refractivity contribution in [2.24, 2.45) is 11.3 Å². The largest absolute Gasteiger partial charge is 0.490 e. The summed E-state index contributed by atoms with van der Waals surface area (Å²) in [6.07, 6.45) is 1.13. The summed E-state index contributed by atoms with van der Waals surface area (Å²) in [5.74, 6) is 0.560. The molecule has 0 spiro atoms. The summed E-state index contributed by atoms with van der Waals surface area (Å²) in [7, 11) is -3.89. The first-order valence-corrected chi connectivity index (χ1v) is 12.9. The van der Waals surface area contributed by atoms with Crippen molar-refractivity contribution in [3.8, 4) is 5.75 Å². The normalized spacial score (nSPS) is 15.4. The molecule has 2 aromatic rings. The van der Waals surface area contributed by atoms with Crippen LogP contribution in [0.5, 0.6) is 5.75 Å². The third kappa shape index (κ3) is 5.88. The van der Waals surface area contributed by atoms with Crippen molar-refractivity contribution in [1.29, 1.82) is 0 Å². The number of anilines is 3. The van der Waals surface area contributed by atoms with Gasteiger partial charge >= 0.3 is 0 Å². The summed E-state index contributed by atoms with van der Waals surface area (Å²) in [5, 5.41) is 2.74. The van der Waals surface area contributed by atoms with E-state index in [1.807, 2.05) is 34.6 Å². The number of carbonyl (C=O) groups is 2. The summed E-state index contributed by atoms with van der Waals surface area (Å²) in [6.45, 7) is 10.4. The van der Waals surface area contributed by atoms with Crippen molar-refractivity contribution in [3.63, 3.8) is 0 Å². The third-order valence-electron chi connectivity index (χ3n) is 5.39. The van der Waals surface area contributed by atoms with Crippen LogP contribution in [0.3, 0.4) is 0 Å². The average molecular weight is 488 g/mol. The van der Waals surface area contributed by atoms with Crippen LogP contribution in [0.4, 0.5) is 17.1 Å². The second kappa shape index (κ2) is 10.0. The lowest BCUT2D eigenvalue weighted by atomic mass is 9.92. The van der Waals surface area contributed by atoms with Gasteiger partial charge in [0.15, 0.2) is 0 Å². The fourth-order valence-corrected chi connectivity index (χ4v) is 4.69. The zero-order valence-corrected chi connectivity index (χ0v) is 21.2. The van der Waals surface area contributed by atoms with E-state index in [0.717, 1.165) is 6.42 Å². The van der Waals surface area contributed by atoms with Crippen LogP contribution in [0.15, 0.2) is 47.4 Å². The number of ether oxygens (including phenoxy) is 1. The van der Waals surface area contributed by atoms with Gasteiger partial charge in [0.05, 0.1) is 21.7 Å². The van der Waals surface area contributed by atoms with Crippen LogP contribution >= 0.6 is 0 Å². The van der Waals surface area contributed by atoms with Crippen LogP contribution < -0.4 is 19.7 Å². The first-order chi connectivity index (χ1) is 15.9. The smallest absolute Gasteiger partial charge is 0.261 e. The summed E-state index contributed by atoms with van der Waals surface area (Å²) < 4.78 is 34.5. The van der Waals surface area contributed by atoms with Gasteiger partial charge in [0.25, 0.3) is 10.0 Å². The Bertz CT molecular complexity index is 1160. The molecule has 1 aliphatic rings. The number of amides is 2. The number of benzene rings is 2. The lowest BCUT2D eigenvalue weighted by molar-refractivity contribution is -0.127. The molecule has 0 radical (unpaired) electrons. The Morgan fingerprint density at radius 1 is 1.12 bits per heavy atom. The van der Waals surface area contributed by atoms with Gasteiger partial charge in [-0.25, -0.2) is 8.42 Å². The fraction of sp³-hybridized carbons (Fsp3) is 0.440. The van der Waals surface area contributed by atoms with E-state index in [0.29, 0.717) is 35.8 Å². The number of sulfonamides is 1. The van der Waals surface area contributed by atoms with Crippen molar-refractivity contribution in [2.75, 3.05) is 28.1 Å². The molecule has 0 saturated carbocycles. The van der Waals surface area contributed by atoms with Crippen molar-refractivity contribution < 1.29 is 22.7 Å². The summed E-state index contributed by atoms with van der Waals surface area (Å²) in [4.78, 5) is 26.7. The van der Waals surface area contributed by atoms with Crippen molar-refractivity contribution in [2.45, 2.75) is 52.4 Å². The monoisotopic (exact) mass is 487 g/mol. The van der Waals surface area contributed by atoms with Gasteiger partial charge in [0, 0.05) is 18.7 Å². The van der Waals surface area contributed by atoms with E-state index in [2.05, 4.69) is 10.0 Å². The lowest BCUT2D eigenvalue weighted by Gasteiger charge is -2.29. The van der Waals surface area contributed by atoms with Crippen LogP contribution in [0.1, 0.15) is 47.5 Å². The zero-order chi connectivity index (χ0) is 25.1. The van der Waals surface area contributed by atoms with E-state index < -0.39 is 15.4 Å². The lowest BCUT2D eigenvalue weighted by Crippen LogP contribution is -2.43. The maximum Gasteiger partial charge on any atom is 0.261 e. The van der Waals surface area contributed by atoms with Gasteiger partial charge in [-0.15, -0.1) is 0 Å². The minimum Gasteiger partial charge on any atom is -0.490 e. The summed E-state index contributed by atoms with van der Waals surface area (Å²) in [5.41, 5.74) is 0.689. The molecule has 0 aromatic heterocycles. The highest BCUT2D eigenvalue weighted by Crippen LogP contribution is 2.39. The highest BCUT2D eigenvalue weighted by molar-refractivity contribution is 7.92. The Morgan fingerprint density at radius 3 is 2.38 bits per heavy atom. The number of carbonyl (C=O) groups excluding carboxylic acids is 2. The van der Waals surface area contributed by atoms with E-state index in [9.17, 15) is 18.0 Å². The third-order valence-corrected chi connectivity index (χ3v) is 6.78. The standard InChI is InChI=1S/C25H33N3O5S/c1-6-7-23(29)26-18-8-11-20(12-9-18)34(31,32)27-19-10-13-22-21(14-19)28(15-17(2)3)24(30)25(4,5)16-33-22/h8-14,17,27H,6-7,15-16H2,1-5H3,(H,26,29). The van der Waals surface area contributed by atoms with Gasteiger partial charge in [-0.3, -0.25) is 14.3 Å². The SMILES string of the molecule is CCCC(=O)Nc1ccc(S(=O)(=O)Nc2ccc3c(c2)N(CC(C)C)C(=O)C(C)(C)CO3)cc1. The van der Waals surface area contributed by atoms with E-state index in [-0.39, 0.29) is 29.2 Å². The number of nitrogens with one attached hydrogen (secondary N) is 2. The number of nitrogens with zero attached hydrogens (tertiary/aromatic N) is 1. The molecule has 0 aliphatic carbocycles. The Hall–Kier alpha value is -3.07. The molecule has 1 heterocycles. The molecule has 3 rings (SSSR count). The number of rotatable bonds is 8. The van der Waals surface area contributed by atoms with Gasteiger partial charge < -0.3 is 15.0 Å². The quantitative estimate of drug-likeness (QED) is 0.565. The maximum absolute atomic E-state index is 13.2. The summed E-state index contributed by atoms with van der Waals surface area (Å²) >= 11 is 0. The predicted molar refractivity (Wildman–Crippen MR) is 134 cm³/mol. The van der Waals surface area contributed by atoms with E-state index in [1.165, 1.54) is 12.1 Å². The Labute approximate surface area is 201 Å². The maximum atomic E-state index is 13.2. The highest BCUT2D eigenvalue weighted by Gasteiger charge is 2.38. The Balaban J connectivity index is 1.86. The molecule has 9 heteroatoms. The molecule has 0 unspecified atom stereocenters. The van der Waals surface area contributed by atoms with Crippen molar-refractivity contribution in [3.05, 3.63) is 42.5 Å². The van der Waals surface area contributed by atoms with E-state index >= 15 is 0 Å². The molecule has 0 fully saturated rings. The van der Waals surface area contributed by atoms with E-state index in [4.69, 9.17) is 4.74 Å². The van der Waals surface area contributed by atoms with Gasteiger partial charge in [-0.05, 0) is 68.7 Å². The van der Waals surface area contributed by atoms with Crippen LogP contribution in [0.2, 0.25) is 0 Å². The molecule has 0 bridgehead atoms. The van der Waals surface area contributed by atoms with Crippen LogP contribution in [0, 0.1) is 11.3 Å². The topological polar surface area (TPSA) is 105 Å². The van der Waals surface area contributed by atoms with Gasteiger partial charge in [-0.1, -0.05) is 20.8 Å². The minimum absolute atomic E-state index is 0.0587. The van der Waals surface area contributed by atoms with Crippen LogP contribution in [0.25, 0.3) is 0 Å². The number of fused-ring (bicyclic) bond motifs is 1. The highest BCUT2D eigenvalue weighted by atomic mass is 32.2. The molecular formula is C25H33N3O5S. The molecule has 2 aromatic carbocycles. The van der Waals surface area contributed by atoms with Crippen molar-refractivity contribution >= 4 is 38.9 Å². The molecule has 1 aliphatic heterocycles. The van der Waals surface area contributed by atoms with E-state index in [1.54, 1.807) is 35.2 Å². The number of hydrogen-bond acceptors (Lipinski definition) is 5. The molecule has 184 valence electrons. The van der Waals surface area contributed by atoms with Crippen molar-refractivity contribution in [1.82, 2.24) is 0 Å². The second-order valence-corrected chi connectivity index (χ2v) is 11.3. The zero-order valence-electron chi connectivity index (χ0n) is 20.3. The van der Waals surface area contributed by atoms with Crippen LogP contribution in [-0.4, -0.2) is 33.4 Å². The Morgan fingerprint density at radius 2 is 1.76 bits per heavy atom. The summed E-state index contributed by atoms with van der Waals surface area (Å²) in [6, 6.07) is 10.9. The second-order valence-electron chi connectivity index (χ2n) is 9.59. The molecule has 2 amide bonds. The van der Waals surface area contributed by atoms with Gasteiger partial charge in [-0.2, -0.15) is 0 Å². The predicted octanol–water partition coefficient (Wildman–Crippen LogP) is 4.63. The van der Waals surface area contributed by atoms with Gasteiger partial charge in [0.1, 0.15) is 12.4 Å². The average Bonchev–Trinajstić information content (AvgIpc) is 2.84. The molecule has 0 atom stereocenters. The molecule has 34 heavy (non-hydrogen) atoms. The Kier molecular flexibility index (Phi) is 7.55. The minimum atomic E-state index is -3.89. The first-order valence-electron chi connectivity index (χ1n) is 11.4. The molecule has 2 N–H and O–H groups in total. The van der Waals surface area contributed by atoms with Gasteiger partial charge in [0.2, 0.25) is 11.8 Å². The molecule has 8 nitrogen and oxygen atoms in total. The number of hydrogen-bond donors (Lipinski definition) is 2. The van der Waals surface area contributed by atoms with Crippen LogP contribution in [-0.2, 0) is 19.6 Å². The molecular weight excluding hydrogens is 454 g/mol. The molecule has 0 saturated heterocycles. The fourth-order valence-electron chi connectivity index (χ4n) is 3.64. The first kappa shape index (κ1) is 25.6.